The molecule has 1 rings (SSSR count). The van der Waals surface area contributed by atoms with Crippen molar-refractivity contribution in [3.05, 3.63) is 0 Å². The molecule has 0 aromatic rings. The SMILES string of the molecule is CCCC(CNC(=O)NCC1(C)CCCS1)C(=O)O. The van der Waals surface area contributed by atoms with Crippen LogP contribution in [0.1, 0.15) is 39.5 Å². The highest BCUT2D eigenvalue weighted by atomic mass is 32.2. The molecule has 0 bridgehead atoms. The number of carboxylic acids is 1. The fourth-order valence-corrected chi connectivity index (χ4v) is 3.43. The van der Waals surface area contributed by atoms with E-state index >= 15 is 0 Å². The van der Waals surface area contributed by atoms with E-state index < -0.39 is 11.9 Å². The van der Waals surface area contributed by atoms with Crippen LogP contribution in [0.5, 0.6) is 0 Å². The Morgan fingerprint density at radius 1 is 1.42 bits per heavy atom. The maximum Gasteiger partial charge on any atom is 0.314 e. The Hall–Kier alpha value is -0.910. The third-order valence-electron chi connectivity index (χ3n) is 3.42. The highest BCUT2D eigenvalue weighted by molar-refractivity contribution is 8.00. The van der Waals surface area contributed by atoms with Gasteiger partial charge in [-0.25, -0.2) is 4.79 Å². The largest absolute Gasteiger partial charge is 0.481 e. The quantitative estimate of drug-likeness (QED) is 0.670. The van der Waals surface area contributed by atoms with Crippen LogP contribution in [0, 0.1) is 5.92 Å². The molecule has 0 aliphatic carbocycles. The van der Waals surface area contributed by atoms with Crippen molar-refractivity contribution in [2.45, 2.75) is 44.3 Å². The van der Waals surface area contributed by atoms with Crippen LogP contribution < -0.4 is 10.6 Å². The number of carboxylic acid groups (broad SMARTS) is 1. The lowest BCUT2D eigenvalue weighted by Crippen LogP contribution is -2.44. The van der Waals surface area contributed by atoms with Crippen LogP contribution in [0.15, 0.2) is 0 Å². The van der Waals surface area contributed by atoms with Crippen molar-refractivity contribution in [1.29, 1.82) is 0 Å². The number of hydrogen-bond acceptors (Lipinski definition) is 3. The molecule has 0 saturated carbocycles. The number of thioether (sulfide) groups is 1. The molecule has 6 heteroatoms. The lowest BCUT2D eigenvalue weighted by molar-refractivity contribution is -0.141. The van der Waals surface area contributed by atoms with Crippen LogP contribution >= 0.6 is 11.8 Å². The number of hydrogen-bond donors (Lipinski definition) is 3. The van der Waals surface area contributed by atoms with Gasteiger partial charge in [0.25, 0.3) is 0 Å². The van der Waals surface area contributed by atoms with Crippen LogP contribution in [0.25, 0.3) is 0 Å². The van der Waals surface area contributed by atoms with Gasteiger partial charge in [-0.2, -0.15) is 11.8 Å². The summed E-state index contributed by atoms with van der Waals surface area (Å²) >= 11 is 1.89. The Labute approximate surface area is 118 Å². The van der Waals surface area contributed by atoms with E-state index in [2.05, 4.69) is 17.6 Å². The van der Waals surface area contributed by atoms with Gasteiger partial charge in [-0.3, -0.25) is 4.79 Å². The van der Waals surface area contributed by atoms with Crippen molar-refractivity contribution in [3.8, 4) is 0 Å². The zero-order chi connectivity index (χ0) is 14.3. The van der Waals surface area contributed by atoms with Crippen LogP contribution in [-0.4, -0.2) is 40.7 Å². The van der Waals surface area contributed by atoms with Gasteiger partial charge >= 0.3 is 12.0 Å². The molecule has 1 saturated heterocycles. The highest BCUT2D eigenvalue weighted by Gasteiger charge is 2.29. The van der Waals surface area contributed by atoms with E-state index in [1.165, 1.54) is 6.42 Å². The van der Waals surface area contributed by atoms with Gasteiger partial charge in [0.2, 0.25) is 0 Å². The van der Waals surface area contributed by atoms with Crippen molar-refractivity contribution in [2.24, 2.45) is 5.92 Å². The van der Waals surface area contributed by atoms with Gasteiger partial charge in [0, 0.05) is 17.8 Å². The average molecular weight is 288 g/mol. The minimum atomic E-state index is -0.847. The van der Waals surface area contributed by atoms with E-state index in [1.807, 2.05) is 18.7 Å². The summed E-state index contributed by atoms with van der Waals surface area (Å²) in [5.41, 5.74) is 0. The molecule has 1 aliphatic rings. The first kappa shape index (κ1) is 16.1. The van der Waals surface area contributed by atoms with E-state index in [4.69, 9.17) is 5.11 Å². The fraction of sp³-hybridized carbons (Fsp3) is 0.846. The second kappa shape index (κ2) is 7.62. The van der Waals surface area contributed by atoms with Crippen LogP contribution in [-0.2, 0) is 4.79 Å². The maximum atomic E-state index is 11.6. The molecular formula is C13H24N2O3S. The van der Waals surface area contributed by atoms with Crippen LogP contribution in [0.2, 0.25) is 0 Å². The first-order valence-corrected chi connectivity index (χ1v) is 7.84. The lowest BCUT2D eigenvalue weighted by atomic mass is 10.0. The summed E-state index contributed by atoms with van der Waals surface area (Å²) in [5.74, 6) is -0.190. The molecule has 0 aromatic heterocycles. The molecule has 19 heavy (non-hydrogen) atoms. The predicted octanol–water partition coefficient (Wildman–Crippen LogP) is 2.07. The maximum absolute atomic E-state index is 11.6. The molecule has 0 spiro atoms. The van der Waals surface area contributed by atoms with Crippen molar-refractivity contribution < 1.29 is 14.7 Å². The molecule has 2 amide bonds. The minimum Gasteiger partial charge on any atom is -0.481 e. The molecule has 3 N–H and O–H groups in total. The Balaban J connectivity index is 2.25. The van der Waals surface area contributed by atoms with Gasteiger partial charge in [0.15, 0.2) is 0 Å². The van der Waals surface area contributed by atoms with Gasteiger partial charge in [0.1, 0.15) is 0 Å². The molecule has 1 fully saturated rings. The van der Waals surface area contributed by atoms with Crippen molar-refractivity contribution in [3.63, 3.8) is 0 Å². The number of urea groups is 1. The van der Waals surface area contributed by atoms with E-state index in [1.54, 1.807) is 0 Å². The van der Waals surface area contributed by atoms with Gasteiger partial charge in [-0.05, 0) is 31.9 Å². The zero-order valence-electron chi connectivity index (χ0n) is 11.7. The third-order valence-corrected chi connectivity index (χ3v) is 4.96. The number of nitrogens with one attached hydrogen (secondary N) is 2. The second-order valence-corrected chi connectivity index (χ2v) is 6.97. The molecule has 2 unspecified atom stereocenters. The minimum absolute atomic E-state index is 0.132. The molecule has 0 radical (unpaired) electrons. The van der Waals surface area contributed by atoms with E-state index in [0.29, 0.717) is 13.0 Å². The summed E-state index contributed by atoms with van der Waals surface area (Å²) in [6.45, 7) is 4.92. The summed E-state index contributed by atoms with van der Waals surface area (Å²) in [5, 5.41) is 14.5. The zero-order valence-corrected chi connectivity index (χ0v) is 12.5. The summed E-state index contributed by atoms with van der Waals surface area (Å²) in [6.07, 6.45) is 3.70. The summed E-state index contributed by atoms with van der Waals surface area (Å²) in [6, 6.07) is -0.268. The number of carbonyl (C=O) groups is 2. The fourth-order valence-electron chi connectivity index (χ4n) is 2.18. The van der Waals surface area contributed by atoms with Crippen LogP contribution in [0.3, 0.4) is 0 Å². The number of aliphatic carboxylic acids is 1. The molecule has 1 heterocycles. The van der Waals surface area contributed by atoms with Gasteiger partial charge < -0.3 is 15.7 Å². The molecule has 1 aliphatic heterocycles. The molecule has 0 aromatic carbocycles. The smallest absolute Gasteiger partial charge is 0.314 e. The predicted molar refractivity (Wildman–Crippen MR) is 77.5 cm³/mol. The van der Waals surface area contributed by atoms with E-state index in [-0.39, 0.29) is 17.3 Å². The molecule has 110 valence electrons. The monoisotopic (exact) mass is 288 g/mol. The topological polar surface area (TPSA) is 78.4 Å². The van der Waals surface area contributed by atoms with E-state index in [9.17, 15) is 9.59 Å². The molecular weight excluding hydrogens is 264 g/mol. The Bertz CT molecular complexity index is 317. The van der Waals surface area contributed by atoms with Crippen molar-refractivity contribution in [1.82, 2.24) is 10.6 Å². The first-order chi connectivity index (χ1) is 8.97. The average Bonchev–Trinajstić information content (AvgIpc) is 2.79. The number of amides is 2. The second-order valence-electron chi connectivity index (χ2n) is 5.29. The number of rotatable bonds is 7. The van der Waals surface area contributed by atoms with Gasteiger partial charge in [-0.15, -0.1) is 0 Å². The third kappa shape index (κ3) is 5.72. The standard InChI is InChI=1S/C13H24N2O3S/c1-3-5-10(11(16)17)8-14-12(18)15-9-13(2)6-4-7-19-13/h10H,3-9H2,1-2H3,(H,16,17)(H2,14,15,18). The van der Waals surface area contributed by atoms with E-state index in [0.717, 1.165) is 18.6 Å². The Morgan fingerprint density at radius 2 is 2.16 bits per heavy atom. The number of carbonyl (C=O) groups excluding carboxylic acids is 1. The lowest BCUT2D eigenvalue weighted by Gasteiger charge is -2.23. The molecule has 5 nitrogen and oxygen atoms in total. The Kier molecular flexibility index (Phi) is 6.48. The van der Waals surface area contributed by atoms with Crippen molar-refractivity contribution >= 4 is 23.8 Å². The first-order valence-electron chi connectivity index (χ1n) is 6.85. The van der Waals surface area contributed by atoms with Gasteiger partial charge in [-0.1, -0.05) is 13.3 Å². The summed E-state index contributed by atoms with van der Waals surface area (Å²) < 4.78 is 0.132. The Morgan fingerprint density at radius 3 is 2.68 bits per heavy atom. The van der Waals surface area contributed by atoms with Crippen molar-refractivity contribution in [2.75, 3.05) is 18.8 Å². The highest BCUT2D eigenvalue weighted by Crippen LogP contribution is 2.36. The van der Waals surface area contributed by atoms with Crippen LogP contribution in [0.4, 0.5) is 4.79 Å². The summed E-state index contributed by atoms with van der Waals surface area (Å²) in [7, 11) is 0. The van der Waals surface area contributed by atoms with Gasteiger partial charge in [0.05, 0.1) is 5.92 Å². The summed E-state index contributed by atoms with van der Waals surface area (Å²) in [4.78, 5) is 22.6. The molecule has 2 atom stereocenters. The normalized spacial score (nSPS) is 23.9.